The van der Waals surface area contributed by atoms with Crippen LogP contribution in [0.3, 0.4) is 0 Å². The Balaban J connectivity index is 0.000000344. The Hall–Kier alpha value is -4.21. The van der Waals surface area contributed by atoms with Crippen LogP contribution < -0.4 is 5.32 Å². The Labute approximate surface area is 191 Å². The van der Waals surface area contributed by atoms with Crippen LogP contribution in [-0.4, -0.2) is 44.7 Å². The molecule has 0 spiro atoms. The summed E-state index contributed by atoms with van der Waals surface area (Å²) in [6, 6.07) is 14.2. The first kappa shape index (κ1) is 23.0. The van der Waals surface area contributed by atoms with Crippen LogP contribution in [0.15, 0.2) is 54.9 Å². The number of carbonyl (C=O) groups is 2. The van der Waals surface area contributed by atoms with E-state index in [0.717, 1.165) is 56.7 Å². The number of carbonyl (C=O) groups excluding carboxylic acids is 1. The lowest BCUT2D eigenvalue weighted by Gasteiger charge is -2.12. The maximum Gasteiger partial charge on any atom is 0.490 e. The molecule has 3 aromatic heterocycles. The smallest absolute Gasteiger partial charge is 0.475 e. The van der Waals surface area contributed by atoms with Crippen LogP contribution in [0, 0.1) is 6.92 Å². The maximum atomic E-state index is 12.2. The second kappa shape index (κ2) is 8.97. The molecule has 0 bridgehead atoms. The summed E-state index contributed by atoms with van der Waals surface area (Å²) >= 11 is 0. The molecular formula is C24H19F3N4O3. The molecule has 174 valence electrons. The second-order valence-electron chi connectivity index (χ2n) is 7.63. The van der Waals surface area contributed by atoms with Crippen LogP contribution in [-0.2, 0) is 11.2 Å². The number of pyridine rings is 2. The minimum absolute atomic E-state index is 0.00394. The lowest BCUT2D eigenvalue weighted by molar-refractivity contribution is -0.192. The molecule has 4 heterocycles. The van der Waals surface area contributed by atoms with E-state index in [-0.39, 0.29) is 5.91 Å². The number of nitrogens with one attached hydrogen (secondary N) is 2. The predicted molar refractivity (Wildman–Crippen MR) is 119 cm³/mol. The van der Waals surface area contributed by atoms with Crippen LogP contribution in [0.25, 0.3) is 33.4 Å². The van der Waals surface area contributed by atoms with Gasteiger partial charge in [-0.05, 0) is 36.8 Å². The number of hydrogen-bond acceptors (Lipinski definition) is 4. The fourth-order valence-corrected chi connectivity index (χ4v) is 3.79. The largest absolute Gasteiger partial charge is 0.490 e. The van der Waals surface area contributed by atoms with Gasteiger partial charge in [-0.3, -0.25) is 14.8 Å². The van der Waals surface area contributed by atoms with Gasteiger partial charge < -0.3 is 15.4 Å². The topological polar surface area (TPSA) is 108 Å². The SMILES string of the molecule is Cc1c(-c2ccnc(-c3cnc4ccccc4c3)c2)[nH]c2c1C(=O)NCC2.O=C(O)C(F)(F)F. The number of halogens is 3. The Morgan fingerprint density at radius 3 is 2.53 bits per heavy atom. The van der Waals surface area contributed by atoms with Gasteiger partial charge in [-0.1, -0.05) is 18.2 Å². The van der Waals surface area contributed by atoms with E-state index in [0.29, 0.717) is 6.54 Å². The van der Waals surface area contributed by atoms with Crippen molar-refractivity contribution < 1.29 is 27.9 Å². The standard InChI is InChI=1S/C22H18N4O.C2HF3O2/c1-13-20-18(7-9-24-22(20)27)26-21(13)15-6-8-23-19(11-15)16-10-14-4-2-3-5-17(14)25-12-16;3-2(4,5)1(6)7/h2-6,8,10-12,26H,7,9H2,1H3,(H,24,27);(H,6,7). The van der Waals surface area contributed by atoms with E-state index in [9.17, 15) is 18.0 Å². The summed E-state index contributed by atoms with van der Waals surface area (Å²) in [5.74, 6) is -2.75. The number of aromatic nitrogens is 3. The zero-order valence-electron chi connectivity index (χ0n) is 17.9. The van der Waals surface area contributed by atoms with Gasteiger partial charge in [-0.2, -0.15) is 13.2 Å². The minimum atomic E-state index is -5.08. The molecule has 5 rings (SSSR count). The molecule has 1 aliphatic rings. The highest BCUT2D eigenvalue weighted by Crippen LogP contribution is 2.31. The molecule has 0 aliphatic carbocycles. The lowest BCUT2D eigenvalue weighted by Crippen LogP contribution is -2.31. The van der Waals surface area contributed by atoms with E-state index in [1.54, 1.807) is 6.20 Å². The van der Waals surface area contributed by atoms with E-state index < -0.39 is 12.1 Å². The number of aliphatic carboxylic acids is 1. The monoisotopic (exact) mass is 468 g/mol. The third-order valence-electron chi connectivity index (χ3n) is 5.39. The van der Waals surface area contributed by atoms with Gasteiger partial charge in [0.15, 0.2) is 0 Å². The summed E-state index contributed by atoms with van der Waals surface area (Å²) in [6.45, 7) is 2.67. The summed E-state index contributed by atoms with van der Waals surface area (Å²) in [6.07, 6.45) is -0.595. The van der Waals surface area contributed by atoms with Gasteiger partial charge in [0.05, 0.1) is 16.8 Å². The second-order valence-corrected chi connectivity index (χ2v) is 7.63. The van der Waals surface area contributed by atoms with E-state index in [4.69, 9.17) is 9.90 Å². The first-order valence-electron chi connectivity index (χ1n) is 10.3. The van der Waals surface area contributed by atoms with Gasteiger partial charge in [0.25, 0.3) is 5.91 Å². The fourth-order valence-electron chi connectivity index (χ4n) is 3.79. The average molecular weight is 468 g/mol. The van der Waals surface area contributed by atoms with Crippen molar-refractivity contribution in [2.24, 2.45) is 0 Å². The van der Waals surface area contributed by atoms with Crippen LogP contribution in [0.2, 0.25) is 0 Å². The lowest BCUT2D eigenvalue weighted by atomic mass is 10.0. The molecule has 1 aliphatic heterocycles. The summed E-state index contributed by atoms with van der Waals surface area (Å²) < 4.78 is 31.7. The van der Waals surface area contributed by atoms with Crippen LogP contribution in [0.1, 0.15) is 21.6 Å². The highest BCUT2D eigenvalue weighted by Gasteiger charge is 2.38. The fraction of sp³-hybridized carbons (Fsp3) is 0.167. The van der Waals surface area contributed by atoms with Crippen molar-refractivity contribution in [2.45, 2.75) is 19.5 Å². The number of para-hydroxylation sites is 1. The number of benzene rings is 1. The van der Waals surface area contributed by atoms with E-state index in [1.165, 1.54) is 0 Å². The molecule has 4 aromatic rings. The number of amides is 1. The first-order chi connectivity index (χ1) is 16.1. The van der Waals surface area contributed by atoms with Gasteiger partial charge in [-0.15, -0.1) is 0 Å². The third kappa shape index (κ3) is 4.61. The quantitative estimate of drug-likeness (QED) is 0.401. The number of carboxylic acid groups (broad SMARTS) is 1. The number of nitrogens with zero attached hydrogens (tertiary/aromatic N) is 2. The number of rotatable bonds is 2. The van der Waals surface area contributed by atoms with Gasteiger partial charge in [0.1, 0.15) is 0 Å². The molecule has 0 atom stereocenters. The van der Waals surface area contributed by atoms with Crippen molar-refractivity contribution >= 4 is 22.8 Å². The van der Waals surface area contributed by atoms with Crippen molar-refractivity contribution in [1.29, 1.82) is 0 Å². The molecule has 1 aromatic carbocycles. The number of fused-ring (bicyclic) bond motifs is 2. The molecule has 0 saturated carbocycles. The van der Waals surface area contributed by atoms with Gasteiger partial charge in [0, 0.05) is 53.3 Å². The highest BCUT2D eigenvalue weighted by atomic mass is 19.4. The molecule has 7 nitrogen and oxygen atoms in total. The van der Waals surface area contributed by atoms with Gasteiger partial charge in [-0.25, -0.2) is 4.79 Å². The molecule has 0 unspecified atom stereocenters. The zero-order valence-corrected chi connectivity index (χ0v) is 17.9. The summed E-state index contributed by atoms with van der Waals surface area (Å²) in [5, 5.41) is 11.1. The molecule has 0 radical (unpaired) electrons. The molecule has 34 heavy (non-hydrogen) atoms. The number of hydrogen-bond donors (Lipinski definition) is 3. The number of H-pyrrole nitrogens is 1. The first-order valence-corrected chi connectivity index (χ1v) is 10.3. The van der Waals surface area contributed by atoms with E-state index >= 15 is 0 Å². The van der Waals surface area contributed by atoms with Crippen molar-refractivity contribution in [1.82, 2.24) is 20.3 Å². The van der Waals surface area contributed by atoms with Crippen LogP contribution >= 0.6 is 0 Å². The van der Waals surface area contributed by atoms with E-state index in [2.05, 4.69) is 32.4 Å². The van der Waals surface area contributed by atoms with Crippen LogP contribution in [0.5, 0.6) is 0 Å². The number of aromatic amines is 1. The summed E-state index contributed by atoms with van der Waals surface area (Å²) in [7, 11) is 0. The van der Waals surface area contributed by atoms with Crippen molar-refractivity contribution in [2.75, 3.05) is 6.54 Å². The molecule has 10 heteroatoms. The van der Waals surface area contributed by atoms with Gasteiger partial charge >= 0.3 is 12.1 Å². The van der Waals surface area contributed by atoms with Crippen molar-refractivity contribution in [3.63, 3.8) is 0 Å². The normalized spacial score (nSPS) is 13.0. The minimum Gasteiger partial charge on any atom is -0.475 e. The summed E-state index contributed by atoms with van der Waals surface area (Å²) in [5.41, 5.74) is 7.58. The Bertz CT molecular complexity index is 1400. The predicted octanol–water partition coefficient (Wildman–Crippen LogP) is 4.52. The Kier molecular flexibility index (Phi) is 6.06. The average Bonchev–Trinajstić information content (AvgIpc) is 3.16. The summed E-state index contributed by atoms with van der Waals surface area (Å²) in [4.78, 5) is 33.6. The molecular weight excluding hydrogens is 449 g/mol. The molecule has 3 N–H and O–H groups in total. The van der Waals surface area contributed by atoms with Crippen molar-refractivity contribution in [3.05, 3.63) is 71.7 Å². The van der Waals surface area contributed by atoms with Crippen LogP contribution in [0.4, 0.5) is 13.2 Å². The van der Waals surface area contributed by atoms with Gasteiger partial charge in [0.2, 0.25) is 0 Å². The molecule has 0 saturated heterocycles. The molecule has 1 amide bonds. The molecule has 0 fully saturated rings. The van der Waals surface area contributed by atoms with E-state index in [1.807, 2.05) is 43.5 Å². The third-order valence-corrected chi connectivity index (χ3v) is 5.39. The Morgan fingerprint density at radius 2 is 1.82 bits per heavy atom. The number of carboxylic acids is 1. The maximum absolute atomic E-state index is 12.2. The highest BCUT2D eigenvalue weighted by molar-refractivity contribution is 6.00. The Morgan fingerprint density at radius 1 is 1.09 bits per heavy atom. The zero-order chi connectivity index (χ0) is 24.5. The van der Waals surface area contributed by atoms with Crippen molar-refractivity contribution in [3.8, 4) is 22.5 Å². The number of alkyl halides is 3.